The number of rotatable bonds is 5. The van der Waals surface area contributed by atoms with Gasteiger partial charge in [0.05, 0.1) is 12.0 Å². The molecule has 1 amide bonds. The maximum absolute atomic E-state index is 13.0. The van der Waals surface area contributed by atoms with Crippen molar-refractivity contribution in [2.24, 2.45) is 5.10 Å². The molecule has 0 bridgehead atoms. The molecule has 1 atom stereocenters. The number of ether oxygens (including phenoxy) is 1. The Morgan fingerprint density at radius 3 is 2.69 bits per heavy atom. The Bertz CT molecular complexity index is 1040. The van der Waals surface area contributed by atoms with Crippen molar-refractivity contribution in [3.8, 4) is 5.75 Å². The van der Waals surface area contributed by atoms with E-state index in [2.05, 4.69) is 5.10 Å². The van der Waals surface area contributed by atoms with Crippen molar-refractivity contribution >= 4 is 23.2 Å². The summed E-state index contributed by atoms with van der Waals surface area (Å²) < 4.78 is 11.4. The zero-order valence-electron chi connectivity index (χ0n) is 16.3. The van der Waals surface area contributed by atoms with Gasteiger partial charge in [0.1, 0.15) is 17.6 Å². The van der Waals surface area contributed by atoms with E-state index in [4.69, 9.17) is 20.8 Å². The number of carbonyl (C=O) groups is 1. The molecular weight excluding hydrogens is 388 g/mol. The number of carbonyl (C=O) groups excluding carboxylic acids is 1. The van der Waals surface area contributed by atoms with E-state index in [-0.39, 0.29) is 18.6 Å². The molecule has 0 spiro atoms. The maximum Gasteiger partial charge on any atom is 0.281 e. The Kier molecular flexibility index (Phi) is 5.41. The Balaban J connectivity index is 1.56. The molecule has 2 heterocycles. The molecule has 0 saturated heterocycles. The minimum Gasteiger partial charge on any atom is -0.483 e. The molecule has 0 radical (unpaired) electrons. The first-order valence-electron chi connectivity index (χ1n) is 9.41. The molecule has 0 unspecified atom stereocenters. The zero-order chi connectivity index (χ0) is 20.4. The fraction of sp³-hybridized carbons (Fsp3) is 0.217. The lowest BCUT2D eigenvalue weighted by molar-refractivity contribution is -0.135. The molecule has 2 aromatic carbocycles. The van der Waals surface area contributed by atoms with Crippen LogP contribution in [0.4, 0.5) is 0 Å². The number of halogens is 1. The van der Waals surface area contributed by atoms with Gasteiger partial charge in [-0.1, -0.05) is 35.9 Å². The summed E-state index contributed by atoms with van der Waals surface area (Å²) in [6.45, 7) is 3.90. The quantitative estimate of drug-likeness (QED) is 0.575. The van der Waals surface area contributed by atoms with E-state index < -0.39 is 0 Å². The first-order chi connectivity index (χ1) is 14.0. The highest BCUT2D eigenvalue weighted by Crippen LogP contribution is 2.33. The van der Waals surface area contributed by atoms with Gasteiger partial charge in [-0.2, -0.15) is 5.10 Å². The first kappa shape index (κ1) is 19.3. The van der Waals surface area contributed by atoms with Gasteiger partial charge in [-0.3, -0.25) is 4.79 Å². The van der Waals surface area contributed by atoms with E-state index in [1.54, 1.807) is 6.26 Å². The van der Waals surface area contributed by atoms with Gasteiger partial charge in [0.2, 0.25) is 0 Å². The number of amides is 1. The van der Waals surface area contributed by atoms with E-state index in [0.717, 1.165) is 22.4 Å². The lowest BCUT2D eigenvalue weighted by atomic mass is 10.0. The topological polar surface area (TPSA) is 55.0 Å². The number of aryl methyl sites for hydroxylation is 1. The van der Waals surface area contributed by atoms with E-state index in [0.29, 0.717) is 23.0 Å². The van der Waals surface area contributed by atoms with Gasteiger partial charge in [-0.25, -0.2) is 5.01 Å². The second-order valence-corrected chi connectivity index (χ2v) is 7.45. The van der Waals surface area contributed by atoms with E-state index >= 15 is 0 Å². The van der Waals surface area contributed by atoms with Crippen LogP contribution in [0.5, 0.6) is 5.75 Å². The second kappa shape index (κ2) is 8.13. The number of furan rings is 1. The minimum absolute atomic E-state index is 0.0983. The largest absolute Gasteiger partial charge is 0.483 e. The van der Waals surface area contributed by atoms with Gasteiger partial charge < -0.3 is 9.15 Å². The second-order valence-electron chi connectivity index (χ2n) is 7.01. The smallest absolute Gasteiger partial charge is 0.281 e. The normalized spacial score (nSPS) is 16.0. The highest BCUT2D eigenvalue weighted by Gasteiger charge is 2.35. The summed E-state index contributed by atoms with van der Waals surface area (Å²) in [6.07, 6.45) is 2.16. The molecular formula is C23H21ClN2O3. The molecule has 1 aliphatic rings. The van der Waals surface area contributed by atoms with Gasteiger partial charge in [-0.15, -0.1) is 0 Å². The molecule has 0 N–H and O–H groups in total. The van der Waals surface area contributed by atoms with Crippen LogP contribution in [-0.4, -0.2) is 23.2 Å². The molecule has 1 aliphatic heterocycles. The van der Waals surface area contributed by atoms with Crippen LogP contribution >= 0.6 is 11.6 Å². The van der Waals surface area contributed by atoms with Crippen LogP contribution < -0.4 is 4.74 Å². The molecule has 6 heteroatoms. The number of nitrogens with zero attached hydrogens (tertiary/aromatic N) is 2. The van der Waals surface area contributed by atoms with Gasteiger partial charge in [0, 0.05) is 11.4 Å². The summed E-state index contributed by atoms with van der Waals surface area (Å²) in [5, 5.41) is 6.72. The van der Waals surface area contributed by atoms with Crippen molar-refractivity contribution < 1.29 is 13.9 Å². The van der Waals surface area contributed by atoms with Crippen LogP contribution in [0.25, 0.3) is 0 Å². The lowest BCUT2D eigenvalue weighted by Gasteiger charge is -2.20. The monoisotopic (exact) mass is 408 g/mol. The van der Waals surface area contributed by atoms with Crippen molar-refractivity contribution in [3.63, 3.8) is 0 Å². The van der Waals surface area contributed by atoms with Crippen molar-refractivity contribution in [1.82, 2.24) is 5.01 Å². The fourth-order valence-corrected chi connectivity index (χ4v) is 3.47. The molecule has 0 fully saturated rings. The Labute approximate surface area is 174 Å². The summed E-state index contributed by atoms with van der Waals surface area (Å²) in [5.74, 6) is 1.17. The Morgan fingerprint density at radius 1 is 1.17 bits per heavy atom. The average Bonchev–Trinajstić information content (AvgIpc) is 3.39. The third-order valence-corrected chi connectivity index (χ3v) is 5.37. The van der Waals surface area contributed by atoms with E-state index in [1.165, 1.54) is 5.01 Å². The number of benzene rings is 2. The van der Waals surface area contributed by atoms with E-state index in [9.17, 15) is 4.79 Å². The maximum atomic E-state index is 13.0. The molecule has 148 valence electrons. The molecule has 3 aromatic rings. The zero-order valence-corrected chi connectivity index (χ0v) is 17.0. The number of hydrazone groups is 1. The molecule has 1 aromatic heterocycles. The summed E-state index contributed by atoms with van der Waals surface area (Å²) in [7, 11) is 0. The van der Waals surface area contributed by atoms with Crippen molar-refractivity contribution in [2.75, 3.05) is 6.61 Å². The minimum atomic E-state index is -0.301. The van der Waals surface area contributed by atoms with Crippen LogP contribution in [0.3, 0.4) is 0 Å². The fourth-order valence-electron chi connectivity index (χ4n) is 3.35. The summed E-state index contributed by atoms with van der Waals surface area (Å²) in [5.41, 5.74) is 3.88. The molecule has 4 rings (SSSR count). The lowest BCUT2D eigenvalue weighted by Crippen LogP contribution is -2.31. The summed E-state index contributed by atoms with van der Waals surface area (Å²) in [6, 6.07) is 16.6. The highest BCUT2D eigenvalue weighted by atomic mass is 35.5. The van der Waals surface area contributed by atoms with Crippen molar-refractivity contribution in [2.45, 2.75) is 26.3 Å². The predicted octanol–water partition coefficient (Wildman–Crippen LogP) is 5.31. The SMILES string of the molecule is Cc1cccc(OCC(=O)N2N=C(c3ccc(Cl)cc3)C[C@H]2c2ccco2)c1C. The van der Waals surface area contributed by atoms with Gasteiger partial charge >= 0.3 is 0 Å². The van der Waals surface area contributed by atoms with Crippen LogP contribution in [0.1, 0.15) is 34.9 Å². The molecule has 0 saturated carbocycles. The summed E-state index contributed by atoms with van der Waals surface area (Å²) >= 11 is 5.99. The Morgan fingerprint density at radius 2 is 1.97 bits per heavy atom. The van der Waals surface area contributed by atoms with Crippen LogP contribution in [0.2, 0.25) is 5.02 Å². The van der Waals surface area contributed by atoms with E-state index in [1.807, 2.05) is 68.4 Å². The Hall–Kier alpha value is -3.05. The van der Waals surface area contributed by atoms with Crippen LogP contribution in [-0.2, 0) is 4.79 Å². The van der Waals surface area contributed by atoms with Gasteiger partial charge in [-0.05, 0) is 60.9 Å². The summed E-state index contributed by atoms with van der Waals surface area (Å²) in [4.78, 5) is 13.0. The van der Waals surface area contributed by atoms with Gasteiger partial charge in [0.25, 0.3) is 5.91 Å². The number of hydrogen-bond acceptors (Lipinski definition) is 4. The van der Waals surface area contributed by atoms with Crippen molar-refractivity contribution in [3.05, 3.63) is 88.3 Å². The third kappa shape index (κ3) is 4.05. The number of hydrogen-bond donors (Lipinski definition) is 0. The van der Waals surface area contributed by atoms with Crippen LogP contribution in [0.15, 0.2) is 70.4 Å². The predicted molar refractivity (Wildman–Crippen MR) is 112 cm³/mol. The van der Waals surface area contributed by atoms with Crippen molar-refractivity contribution in [1.29, 1.82) is 0 Å². The van der Waals surface area contributed by atoms with Gasteiger partial charge in [0.15, 0.2) is 6.61 Å². The highest BCUT2D eigenvalue weighted by molar-refractivity contribution is 6.30. The third-order valence-electron chi connectivity index (χ3n) is 5.12. The molecule has 29 heavy (non-hydrogen) atoms. The van der Waals surface area contributed by atoms with Crippen LogP contribution in [0, 0.1) is 13.8 Å². The first-order valence-corrected chi connectivity index (χ1v) is 9.78. The average molecular weight is 409 g/mol. The molecule has 0 aliphatic carbocycles. The molecule has 5 nitrogen and oxygen atoms in total. The standard InChI is InChI=1S/C23H21ClN2O3/c1-15-5-3-6-21(16(15)2)29-14-23(27)26-20(22-7-4-12-28-22)13-19(25-26)17-8-10-18(24)11-9-17/h3-12,20H,13-14H2,1-2H3/t20-/m0/s1.